The van der Waals surface area contributed by atoms with Gasteiger partial charge in [0.1, 0.15) is 5.82 Å². The minimum absolute atomic E-state index is 0.0149. The number of rotatable bonds is 3. The number of aromatic nitrogens is 2. The van der Waals surface area contributed by atoms with E-state index in [9.17, 15) is 14.4 Å². The van der Waals surface area contributed by atoms with Gasteiger partial charge in [0.25, 0.3) is 5.91 Å². The molecule has 140 valence electrons. The van der Waals surface area contributed by atoms with Gasteiger partial charge in [0, 0.05) is 37.1 Å². The maximum absolute atomic E-state index is 12.4. The zero-order valence-corrected chi connectivity index (χ0v) is 14.9. The number of aryl methyl sites for hydroxylation is 1. The summed E-state index contributed by atoms with van der Waals surface area (Å²) in [6.45, 7) is 2.43. The van der Waals surface area contributed by atoms with Crippen LogP contribution in [0.25, 0.3) is 0 Å². The molecule has 0 bridgehead atoms. The van der Waals surface area contributed by atoms with E-state index in [1.165, 1.54) is 0 Å². The van der Waals surface area contributed by atoms with Crippen LogP contribution in [0.3, 0.4) is 0 Å². The molecule has 1 atom stereocenters. The summed E-state index contributed by atoms with van der Waals surface area (Å²) in [5.41, 5.74) is 1.67. The molecule has 0 radical (unpaired) electrons. The topological polar surface area (TPSA) is 108 Å². The number of anilines is 2. The maximum Gasteiger partial charge on any atom is 0.329 e. The van der Waals surface area contributed by atoms with Crippen molar-refractivity contribution >= 4 is 29.3 Å². The molecule has 1 aromatic carbocycles. The minimum atomic E-state index is -0.456. The van der Waals surface area contributed by atoms with E-state index in [1.54, 1.807) is 31.3 Å². The molecule has 2 aromatic rings. The van der Waals surface area contributed by atoms with Crippen LogP contribution in [0.15, 0.2) is 30.6 Å². The molecule has 9 nitrogen and oxygen atoms in total. The number of imide groups is 1. The number of hydrogen-bond acceptors (Lipinski definition) is 4. The summed E-state index contributed by atoms with van der Waals surface area (Å²) in [5, 5.41) is 8.29. The first-order valence-electron chi connectivity index (χ1n) is 8.81. The molecule has 9 heteroatoms. The number of carbonyl (C=O) groups excluding carboxylic acids is 3. The van der Waals surface area contributed by atoms with Gasteiger partial charge in [0.15, 0.2) is 0 Å². The first-order chi connectivity index (χ1) is 13.0. The Morgan fingerprint density at radius 3 is 2.96 bits per heavy atom. The van der Waals surface area contributed by atoms with Gasteiger partial charge in [-0.3, -0.25) is 4.79 Å². The number of imidazole rings is 1. The number of benzene rings is 1. The van der Waals surface area contributed by atoms with Crippen LogP contribution in [-0.2, 0) is 17.8 Å². The molecular weight excluding hydrogens is 348 g/mol. The molecular formula is C18H20N6O3. The van der Waals surface area contributed by atoms with Gasteiger partial charge in [-0.1, -0.05) is 6.07 Å². The molecule has 1 unspecified atom stereocenters. The third-order valence-electron chi connectivity index (χ3n) is 4.91. The number of amides is 5. The smallest absolute Gasteiger partial charge is 0.329 e. The molecule has 1 saturated heterocycles. The van der Waals surface area contributed by atoms with E-state index in [4.69, 9.17) is 0 Å². The predicted molar refractivity (Wildman–Crippen MR) is 98.6 cm³/mol. The molecule has 3 heterocycles. The van der Waals surface area contributed by atoms with Gasteiger partial charge < -0.3 is 20.5 Å². The number of carbonyl (C=O) groups is 3. The van der Waals surface area contributed by atoms with Crippen molar-refractivity contribution in [3.63, 3.8) is 0 Å². The fourth-order valence-corrected chi connectivity index (χ4v) is 3.50. The lowest BCUT2D eigenvalue weighted by Crippen LogP contribution is -2.43. The molecule has 27 heavy (non-hydrogen) atoms. The van der Waals surface area contributed by atoms with Gasteiger partial charge in [0.05, 0.1) is 12.2 Å². The van der Waals surface area contributed by atoms with Crippen LogP contribution in [0.1, 0.15) is 17.8 Å². The Hall–Kier alpha value is -3.36. The summed E-state index contributed by atoms with van der Waals surface area (Å²) in [6.07, 6.45) is 5.32. The number of nitrogens with zero attached hydrogens (tertiary/aromatic N) is 3. The van der Waals surface area contributed by atoms with Crippen LogP contribution < -0.4 is 20.9 Å². The second-order valence-electron chi connectivity index (χ2n) is 6.67. The fourth-order valence-electron chi connectivity index (χ4n) is 3.50. The Labute approximate surface area is 155 Å². The first-order valence-corrected chi connectivity index (χ1v) is 8.81. The van der Waals surface area contributed by atoms with Crippen molar-refractivity contribution < 1.29 is 14.4 Å². The zero-order valence-electron chi connectivity index (χ0n) is 14.9. The summed E-state index contributed by atoms with van der Waals surface area (Å²) in [6, 6.07) is 4.37. The summed E-state index contributed by atoms with van der Waals surface area (Å²) in [5.74, 6) is 0.716. The second-order valence-corrected chi connectivity index (χ2v) is 6.67. The summed E-state index contributed by atoms with van der Waals surface area (Å²) in [7, 11) is 0. The average Bonchev–Trinajstić information content (AvgIpc) is 3.23. The largest absolute Gasteiger partial charge is 0.333 e. The van der Waals surface area contributed by atoms with Crippen molar-refractivity contribution in [2.24, 2.45) is 0 Å². The quantitative estimate of drug-likeness (QED) is 0.711. The molecule has 2 aliphatic rings. The van der Waals surface area contributed by atoms with Crippen LogP contribution in [0, 0.1) is 6.92 Å². The van der Waals surface area contributed by atoms with Gasteiger partial charge in [-0.05, 0) is 31.0 Å². The predicted octanol–water partition coefficient (Wildman–Crippen LogP) is 1.38. The van der Waals surface area contributed by atoms with Crippen molar-refractivity contribution in [1.82, 2.24) is 20.2 Å². The highest BCUT2D eigenvalue weighted by atomic mass is 16.2. The van der Waals surface area contributed by atoms with Gasteiger partial charge in [-0.25, -0.2) is 19.5 Å². The van der Waals surface area contributed by atoms with Gasteiger partial charge in [-0.15, -0.1) is 0 Å². The highest BCUT2D eigenvalue weighted by Crippen LogP contribution is 2.28. The lowest BCUT2D eigenvalue weighted by atomic mass is 10.1. The normalized spacial score (nSPS) is 18.9. The highest BCUT2D eigenvalue weighted by Gasteiger charge is 2.31. The Morgan fingerprint density at radius 2 is 2.19 bits per heavy atom. The van der Waals surface area contributed by atoms with E-state index >= 15 is 0 Å². The highest BCUT2D eigenvalue weighted by molar-refractivity contribution is 6.20. The molecule has 0 saturated carbocycles. The van der Waals surface area contributed by atoms with Crippen molar-refractivity contribution in [3.8, 4) is 0 Å². The molecule has 2 aliphatic heterocycles. The van der Waals surface area contributed by atoms with Crippen molar-refractivity contribution in [3.05, 3.63) is 42.0 Å². The van der Waals surface area contributed by atoms with E-state index < -0.39 is 6.03 Å². The molecule has 0 spiro atoms. The van der Waals surface area contributed by atoms with Crippen molar-refractivity contribution in [2.45, 2.75) is 32.4 Å². The van der Waals surface area contributed by atoms with Crippen molar-refractivity contribution in [1.29, 1.82) is 0 Å². The van der Waals surface area contributed by atoms with E-state index in [2.05, 4.69) is 20.9 Å². The minimum Gasteiger partial charge on any atom is -0.333 e. The van der Waals surface area contributed by atoms with E-state index in [0.29, 0.717) is 23.5 Å². The van der Waals surface area contributed by atoms with E-state index in [1.807, 2.05) is 10.8 Å². The van der Waals surface area contributed by atoms with Crippen LogP contribution in [0.5, 0.6) is 0 Å². The van der Waals surface area contributed by atoms with Crippen LogP contribution in [0.2, 0.25) is 0 Å². The molecule has 3 N–H and O–H groups in total. The molecule has 0 aliphatic carbocycles. The first kappa shape index (κ1) is 17.1. The third kappa shape index (κ3) is 3.23. The fraction of sp³-hybridized carbons (Fsp3) is 0.333. The van der Waals surface area contributed by atoms with Crippen LogP contribution in [-0.4, -0.2) is 40.1 Å². The summed E-state index contributed by atoms with van der Waals surface area (Å²) in [4.78, 5) is 41.7. The van der Waals surface area contributed by atoms with Gasteiger partial charge in [0.2, 0.25) is 0 Å². The average molecular weight is 368 g/mol. The van der Waals surface area contributed by atoms with Crippen LogP contribution in [0.4, 0.5) is 21.0 Å². The van der Waals surface area contributed by atoms with Gasteiger partial charge >= 0.3 is 12.1 Å². The second kappa shape index (κ2) is 6.75. The van der Waals surface area contributed by atoms with E-state index in [-0.39, 0.29) is 24.5 Å². The number of urea groups is 2. The standard InChI is InChI=1S/C18H20N6O3/c1-11-13(3-2-4-14(11)24-16(25)9-20-18(24)27)22-17(26)21-12-5-6-15-19-7-8-23(15)10-12/h2-4,7-8,12H,5-6,9-10H2,1H3,(H,20,27)(H2,21,22,26). The zero-order chi connectivity index (χ0) is 19.0. The number of fused-ring (bicyclic) bond motifs is 1. The van der Waals surface area contributed by atoms with Gasteiger partial charge in [-0.2, -0.15) is 0 Å². The number of hydrogen-bond donors (Lipinski definition) is 3. The molecule has 1 aromatic heterocycles. The Kier molecular flexibility index (Phi) is 4.27. The molecule has 5 amide bonds. The lowest BCUT2D eigenvalue weighted by molar-refractivity contribution is -0.115. The van der Waals surface area contributed by atoms with Crippen molar-refractivity contribution in [2.75, 3.05) is 16.8 Å². The molecule has 1 fully saturated rings. The number of nitrogens with one attached hydrogen (secondary N) is 3. The molecule has 4 rings (SSSR count). The third-order valence-corrected chi connectivity index (χ3v) is 4.91. The Morgan fingerprint density at radius 1 is 1.33 bits per heavy atom. The van der Waals surface area contributed by atoms with E-state index in [0.717, 1.165) is 23.6 Å². The van der Waals surface area contributed by atoms with Crippen LogP contribution >= 0.6 is 0 Å². The monoisotopic (exact) mass is 368 g/mol. The SMILES string of the molecule is Cc1c(NC(=O)NC2CCc3nccn3C2)cccc1N1C(=O)CNC1=O. The Bertz CT molecular complexity index is 906. The lowest BCUT2D eigenvalue weighted by Gasteiger charge is -2.25. The summed E-state index contributed by atoms with van der Waals surface area (Å²) >= 11 is 0. The maximum atomic E-state index is 12.4. The summed E-state index contributed by atoms with van der Waals surface area (Å²) < 4.78 is 2.04. The Balaban J connectivity index is 1.45.